The molecule has 2 rings (SSSR count). The van der Waals surface area contributed by atoms with Gasteiger partial charge in [-0.3, -0.25) is 0 Å². The molecule has 1 unspecified atom stereocenters. The Balaban J connectivity index is 2.44. The largest absolute Gasteiger partial charge is 0.459 e. The van der Waals surface area contributed by atoms with E-state index in [0.717, 1.165) is 35.2 Å². The lowest BCUT2D eigenvalue weighted by Crippen LogP contribution is -2.20. The molecule has 20 heavy (non-hydrogen) atoms. The fourth-order valence-corrected chi connectivity index (χ4v) is 3.02. The Kier molecular flexibility index (Phi) is 5.28. The zero-order chi connectivity index (χ0) is 14.7. The Morgan fingerprint density at radius 1 is 1.20 bits per heavy atom. The lowest BCUT2D eigenvalue weighted by molar-refractivity contribution is 0.420. The van der Waals surface area contributed by atoms with Crippen molar-refractivity contribution in [1.29, 1.82) is 0 Å². The Hall–Kier alpha value is -0.800. The van der Waals surface area contributed by atoms with Gasteiger partial charge in [0.15, 0.2) is 0 Å². The van der Waals surface area contributed by atoms with Gasteiger partial charge in [0.25, 0.3) is 0 Å². The van der Waals surface area contributed by atoms with Crippen LogP contribution in [0.5, 0.6) is 0 Å². The smallest absolute Gasteiger partial charge is 0.137 e. The van der Waals surface area contributed by atoms with Crippen LogP contribution in [-0.4, -0.2) is 6.54 Å². The van der Waals surface area contributed by atoms with Crippen molar-refractivity contribution in [3.8, 4) is 0 Å². The maximum absolute atomic E-state index is 6.18. The SMILES string of the molecule is CCCNC(CC)c1cc2cc(Br)cc(C(C)C)c2o1. The Morgan fingerprint density at radius 3 is 2.55 bits per heavy atom. The van der Waals surface area contributed by atoms with Gasteiger partial charge in [-0.25, -0.2) is 0 Å². The second-order valence-electron chi connectivity index (χ2n) is 5.63. The molecule has 0 aliphatic rings. The number of halogens is 1. The molecular formula is C17H24BrNO. The summed E-state index contributed by atoms with van der Waals surface area (Å²) in [5, 5.41) is 4.74. The van der Waals surface area contributed by atoms with E-state index >= 15 is 0 Å². The zero-order valence-corrected chi connectivity index (χ0v) is 14.4. The number of fused-ring (bicyclic) bond motifs is 1. The first-order chi connectivity index (χ1) is 9.56. The van der Waals surface area contributed by atoms with Gasteiger partial charge in [-0.2, -0.15) is 0 Å². The molecule has 0 bridgehead atoms. The van der Waals surface area contributed by atoms with Crippen LogP contribution >= 0.6 is 15.9 Å². The predicted molar refractivity (Wildman–Crippen MR) is 89.3 cm³/mol. The third kappa shape index (κ3) is 3.26. The molecule has 0 saturated heterocycles. The van der Waals surface area contributed by atoms with Gasteiger partial charge < -0.3 is 9.73 Å². The summed E-state index contributed by atoms with van der Waals surface area (Å²) < 4.78 is 7.30. The zero-order valence-electron chi connectivity index (χ0n) is 12.8. The number of nitrogens with one attached hydrogen (secondary N) is 1. The van der Waals surface area contributed by atoms with Crippen LogP contribution in [0.25, 0.3) is 11.0 Å². The van der Waals surface area contributed by atoms with Crippen LogP contribution in [-0.2, 0) is 0 Å². The average Bonchev–Trinajstić information content (AvgIpc) is 2.81. The molecule has 110 valence electrons. The summed E-state index contributed by atoms with van der Waals surface area (Å²) in [6.45, 7) is 9.81. The summed E-state index contributed by atoms with van der Waals surface area (Å²) in [6, 6.07) is 6.80. The van der Waals surface area contributed by atoms with Crippen molar-refractivity contribution < 1.29 is 4.42 Å². The van der Waals surface area contributed by atoms with Crippen molar-refractivity contribution in [2.75, 3.05) is 6.54 Å². The third-order valence-electron chi connectivity index (χ3n) is 3.64. The van der Waals surface area contributed by atoms with Gasteiger partial charge in [-0.15, -0.1) is 0 Å². The molecule has 1 N–H and O–H groups in total. The molecule has 1 atom stereocenters. The van der Waals surface area contributed by atoms with Gasteiger partial charge in [0.05, 0.1) is 6.04 Å². The molecule has 2 aromatic rings. The third-order valence-corrected chi connectivity index (χ3v) is 4.10. The first kappa shape index (κ1) is 15.6. The number of hydrogen-bond acceptors (Lipinski definition) is 2. The van der Waals surface area contributed by atoms with Crippen molar-refractivity contribution in [2.24, 2.45) is 0 Å². The van der Waals surface area contributed by atoms with E-state index in [1.807, 2.05) is 0 Å². The monoisotopic (exact) mass is 337 g/mol. The summed E-state index contributed by atoms with van der Waals surface area (Å²) in [7, 11) is 0. The lowest BCUT2D eigenvalue weighted by atomic mass is 10.0. The number of benzene rings is 1. The molecule has 0 radical (unpaired) electrons. The molecule has 0 amide bonds. The second kappa shape index (κ2) is 6.77. The van der Waals surface area contributed by atoms with Crippen LogP contribution in [0.2, 0.25) is 0 Å². The van der Waals surface area contributed by atoms with Gasteiger partial charge in [-0.05, 0) is 49.1 Å². The fraction of sp³-hybridized carbons (Fsp3) is 0.529. The van der Waals surface area contributed by atoms with E-state index < -0.39 is 0 Å². The van der Waals surface area contributed by atoms with Crippen LogP contribution < -0.4 is 5.32 Å². The summed E-state index contributed by atoms with van der Waals surface area (Å²) in [4.78, 5) is 0. The van der Waals surface area contributed by atoms with Crippen LogP contribution in [0.3, 0.4) is 0 Å². The minimum Gasteiger partial charge on any atom is -0.459 e. The summed E-state index contributed by atoms with van der Waals surface area (Å²) >= 11 is 3.60. The van der Waals surface area contributed by atoms with Crippen molar-refractivity contribution in [3.05, 3.63) is 34.0 Å². The highest BCUT2D eigenvalue weighted by atomic mass is 79.9. The van der Waals surface area contributed by atoms with E-state index in [0.29, 0.717) is 12.0 Å². The Morgan fingerprint density at radius 2 is 1.95 bits per heavy atom. The first-order valence-electron chi connectivity index (χ1n) is 7.53. The molecule has 1 aromatic carbocycles. The summed E-state index contributed by atoms with van der Waals surface area (Å²) in [5.41, 5.74) is 2.31. The minimum atomic E-state index is 0.307. The van der Waals surface area contributed by atoms with E-state index in [1.165, 1.54) is 10.9 Å². The van der Waals surface area contributed by atoms with Crippen molar-refractivity contribution in [3.63, 3.8) is 0 Å². The molecule has 0 aliphatic heterocycles. The minimum absolute atomic E-state index is 0.307. The highest BCUT2D eigenvalue weighted by Gasteiger charge is 2.17. The number of furan rings is 1. The number of hydrogen-bond donors (Lipinski definition) is 1. The van der Waals surface area contributed by atoms with Gasteiger partial charge in [-0.1, -0.05) is 43.6 Å². The van der Waals surface area contributed by atoms with E-state index in [2.05, 4.69) is 67.1 Å². The molecule has 1 aromatic heterocycles. The average molecular weight is 338 g/mol. The topological polar surface area (TPSA) is 25.2 Å². The van der Waals surface area contributed by atoms with Crippen molar-refractivity contribution in [1.82, 2.24) is 5.32 Å². The van der Waals surface area contributed by atoms with Gasteiger partial charge in [0.2, 0.25) is 0 Å². The first-order valence-corrected chi connectivity index (χ1v) is 8.32. The highest BCUT2D eigenvalue weighted by molar-refractivity contribution is 9.10. The van der Waals surface area contributed by atoms with E-state index in [1.54, 1.807) is 0 Å². The van der Waals surface area contributed by atoms with E-state index in [9.17, 15) is 0 Å². The molecule has 2 nitrogen and oxygen atoms in total. The fourth-order valence-electron chi connectivity index (χ4n) is 2.53. The van der Waals surface area contributed by atoms with Crippen molar-refractivity contribution >= 4 is 26.9 Å². The van der Waals surface area contributed by atoms with Gasteiger partial charge in [0, 0.05) is 9.86 Å². The second-order valence-corrected chi connectivity index (χ2v) is 6.55. The van der Waals surface area contributed by atoms with Crippen LogP contribution in [0.4, 0.5) is 0 Å². The molecule has 0 fully saturated rings. The van der Waals surface area contributed by atoms with Crippen LogP contribution in [0.1, 0.15) is 63.8 Å². The molecule has 0 saturated carbocycles. The predicted octanol–water partition coefficient (Wildman–Crippen LogP) is 5.77. The van der Waals surface area contributed by atoms with Gasteiger partial charge in [0.1, 0.15) is 11.3 Å². The van der Waals surface area contributed by atoms with Crippen LogP contribution in [0.15, 0.2) is 27.1 Å². The molecule has 1 heterocycles. The lowest BCUT2D eigenvalue weighted by Gasteiger charge is -2.13. The number of rotatable bonds is 6. The van der Waals surface area contributed by atoms with Crippen molar-refractivity contribution in [2.45, 2.75) is 52.5 Å². The van der Waals surface area contributed by atoms with E-state index in [-0.39, 0.29) is 0 Å². The molecular weight excluding hydrogens is 314 g/mol. The maximum Gasteiger partial charge on any atom is 0.137 e. The summed E-state index contributed by atoms with van der Waals surface area (Å²) in [5.74, 6) is 1.51. The summed E-state index contributed by atoms with van der Waals surface area (Å²) in [6.07, 6.45) is 2.18. The Labute approximate surface area is 130 Å². The normalized spacial score (nSPS) is 13.3. The quantitative estimate of drug-likeness (QED) is 0.723. The standard InChI is InChI=1S/C17H24BrNO/c1-5-7-19-15(6-2)16-9-12-8-13(18)10-14(11(3)4)17(12)20-16/h8-11,15,19H,5-7H2,1-4H3. The Bertz CT molecular complexity index is 574. The molecule has 0 spiro atoms. The maximum atomic E-state index is 6.18. The molecule has 3 heteroatoms. The highest BCUT2D eigenvalue weighted by Crippen LogP contribution is 2.34. The van der Waals surface area contributed by atoms with Gasteiger partial charge >= 0.3 is 0 Å². The molecule has 0 aliphatic carbocycles. The van der Waals surface area contributed by atoms with E-state index in [4.69, 9.17) is 4.42 Å². The van der Waals surface area contributed by atoms with Crippen LogP contribution in [0, 0.1) is 0 Å².